The first-order valence-electron chi connectivity index (χ1n) is 10.7. The average molecular weight is 436 g/mol. The van der Waals surface area contributed by atoms with Gasteiger partial charge < -0.3 is 15.1 Å². The van der Waals surface area contributed by atoms with Gasteiger partial charge in [-0.1, -0.05) is 12.1 Å². The van der Waals surface area contributed by atoms with Crippen LogP contribution in [0.4, 0.5) is 17.2 Å². The van der Waals surface area contributed by atoms with Gasteiger partial charge in [0.25, 0.3) is 0 Å². The number of thiophene rings is 1. The summed E-state index contributed by atoms with van der Waals surface area (Å²) in [5, 5.41) is 4.01. The van der Waals surface area contributed by atoms with E-state index in [0.29, 0.717) is 5.69 Å². The number of para-hydroxylation sites is 2. The first-order chi connectivity index (χ1) is 15.0. The summed E-state index contributed by atoms with van der Waals surface area (Å²) in [6.45, 7) is 2.08. The number of carbonyl (C=O) groups excluding carboxylic acids is 2. The Kier molecular flexibility index (Phi) is 5.09. The van der Waals surface area contributed by atoms with E-state index in [2.05, 4.69) is 15.3 Å². The van der Waals surface area contributed by atoms with Gasteiger partial charge in [-0.25, -0.2) is 9.97 Å². The SMILES string of the molecule is CC1CC(=O)Nc2ccccc2N1C(=O)CN(C)c1ncnc2sc3c(c12)CCCC3. The van der Waals surface area contributed by atoms with Crippen molar-refractivity contribution in [3.05, 3.63) is 41.0 Å². The van der Waals surface area contributed by atoms with E-state index in [1.54, 1.807) is 22.6 Å². The first kappa shape index (κ1) is 19.9. The molecule has 5 rings (SSSR count). The number of anilines is 3. The zero-order valence-corrected chi connectivity index (χ0v) is 18.5. The minimum atomic E-state index is -0.233. The Balaban J connectivity index is 1.47. The van der Waals surface area contributed by atoms with E-state index in [-0.39, 0.29) is 30.8 Å². The van der Waals surface area contributed by atoms with Crippen molar-refractivity contribution in [3.8, 4) is 0 Å². The summed E-state index contributed by atoms with van der Waals surface area (Å²) in [6.07, 6.45) is 6.39. The number of aromatic nitrogens is 2. The number of hydrogen-bond donors (Lipinski definition) is 1. The van der Waals surface area contributed by atoms with Gasteiger partial charge in [0.2, 0.25) is 11.8 Å². The van der Waals surface area contributed by atoms with Crippen molar-refractivity contribution in [2.45, 2.75) is 45.1 Å². The zero-order valence-electron chi connectivity index (χ0n) is 17.7. The zero-order chi connectivity index (χ0) is 21.5. The van der Waals surface area contributed by atoms with Crippen molar-refractivity contribution in [1.29, 1.82) is 0 Å². The molecule has 1 atom stereocenters. The summed E-state index contributed by atoms with van der Waals surface area (Å²) in [6, 6.07) is 7.23. The molecule has 7 nitrogen and oxygen atoms in total. The van der Waals surface area contributed by atoms with Crippen molar-refractivity contribution in [2.75, 3.05) is 28.7 Å². The normalized spacial score (nSPS) is 18.2. The van der Waals surface area contributed by atoms with Crippen LogP contribution in [0.1, 0.15) is 36.6 Å². The van der Waals surface area contributed by atoms with E-state index in [1.165, 1.54) is 23.3 Å². The Morgan fingerprint density at radius 1 is 1.26 bits per heavy atom. The Labute approximate surface area is 185 Å². The van der Waals surface area contributed by atoms with Gasteiger partial charge in [-0.15, -0.1) is 11.3 Å². The Bertz CT molecular complexity index is 1170. The molecule has 3 aromatic rings. The van der Waals surface area contributed by atoms with E-state index in [0.717, 1.165) is 34.6 Å². The van der Waals surface area contributed by atoms with Crippen molar-refractivity contribution >= 4 is 50.6 Å². The molecule has 0 bridgehead atoms. The topological polar surface area (TPSA) is 78.4 Å². The van der Waals surface area contributed by atoms with E-state index < -0.39 is 0 Å². The van der Waals surface area contributed by atoms with Crippen LogP contribution in [0, 0.1) is 0 Å². The number of fused-ring (bicyclic) bond motifs is 4. The average Bonchev–Trinajstić information content (AvgIpc) is 3.07. The predicted octanol–water partition coefficient (Wildman–Crippen LogP) is 3.77. The van der Waals surface area contributed by atoms with Crippen LogP contribution < -0.4 is 15.1 Å². The second-order valence-corrected chi connectivity index (χ2v) is 9.41. The molecule has 2 amide bonds. The molecule has 0 saturated carbocycles. The number of carbonyl (C=O) groups is 2. The summed E-state index contributed by atoms with van der Waals surface area (Å²) in [7, 11) is 1.91. The van der Waals surface area contributed by atoms with Crippen LogP contribution in [-0.4, -0.2) is 41.4 Å². The molecule has 0 radical (unpaired) electrons. The van der Waals surface area contributed by atoms with Gasteiger partial charge >= 0.3 is 0 Å². The maximum Gasteiger partial charge on any atom is 0.246 e. The van der Waals surface area contributed by atoms with E-state index in [1.807, 2.05) is 43.1 Å². The fraction of sp³-hybridized carbons (Fsp3) is 0.391. The number of benzene rings is 1. The molecule has 1 aromatic carbocycles. The molecule has 0 fully saturated rings. The third-order valence-electron chi connectivity index (χ3n) is 6.09. The van der Waals surface area contributed by atoms with E-state index >= 15 is 0 Å². The predicted molar refractivity (Wildman–Crippen MR) is 124 cm³/mol. The highest BCUT2D eigenvalue weighted by atomic mass is 32.1. The van der Waals surface area contributed by atoms with E-state index in [4.69, 9.17) is 0 Å². The van der Waals surface area contributed by atoms with Crippen molar-refractivity contribution < 1.29 is 9.59 Å². The molecule has 1 N–H and O–H groups in total. The van der Waals surface area contributed by atoms with Gasteiger partial charge in [-0.3, -0.25) is 9.59 Å². The van der Waals surface area contributed by atoms with Crippen LogP contribution in [-0.2, 0) is 22.4 Å². The van der Waals surface area contributed by atoms with Gasteiger partial charge in [-0.2, -0.15) is 0 Å². The molecular formula is C23H25N5O2S. The highest BCUT2D eigenvalue weighted by Crippen LogP contribution is 2.39. The van der Waals surface area contributed by atoms with Gasteiger partial charge in [0.15, 0.2) is 0 Å². The Morgan fingerprint density at radius 2 is 2.06 bits per heavy atom. The van der Waals surface area contributed by atoms with Gasteiger partial charge in [-0.05, 0) is 50.3 Å². The molecule has 1 aliphatic carbocycles. The van der Waals surface area contributed by atoms with Crippen LogP contribution in [0.3, 0.4) is 0 Å². The minimum absolute atomic E-state index is 0.0604. The molecule has 1 aliphatic heterocycles. The van der Waals surface area contributed by atoms with Crippen molar-refractivity contribution in [1.82, 2.24) is 9.97 Å². The highest BCUT2D eigenvalue weighted by Gasteiger charge is 2.31. The maximum absolute atomic E-state index is 13.5. The molecule has 3 heterocycles. The minimum Gasteiger partial charge on any atom is -0.350 e. The third-order valence-corrected chi connectivity index (χ3v) is 7.29. The van der Waals surface area contributed by atoms with Crippen LogP contribution in [0.5, 0.6) is 0 Å². The van der Waals surface area contributed by atoms with Crippen LogP contribution >= 0.6 is 11.3 Å². The summed E-state index contributed by atoms with van der Waals surface area (Å²) in [5.41, 5.74) is 2.76. The van der Waals surface area contributed by atoms with Crippen LogP contribution in [0.25, 0.3) is 10.2 Å². The second-order valence-electron chi connectivity index (χ2n) is 8.33. The monoisotopic (exact) mass is 435 g/mol. The van der Waals surface area contributed by atoms with Crippen LogP contribution in [0.15, 0.2) is 30.6 Å². The molecule has 31 heavy (non-hydrogen) atoms. The maximum atomic E-state index is 13.5. The highest BCUT2D eigenvalue weighted by molar-refractivity contribution is 7.19. The van der Waals surface area contributed by atoms with Crippen molar-refractivity contribution in [2.24, 2.45) is 0 Å². The molecule has 160 valence electrons. The fourth-order valence-corrected chi connectivity index (χ4v) is 5.91. The number of likely N-dealkylation sites (N-methyl/N-ethyl adjacent to an activating group) is 1. The summed E-state index contributed by atoms with van der Waals surface area (Å²) in [5.74, 6) is 0.670. The van der Waals surface area contributed by atoms with Gasteiger partial charge in [0, 0.05) is 24.4 Å². The fourth-order valence-electron chi connectivity index (χ4n) is 4.68. The molecule has 8 heteroatoms. The smallest absolute Gasteiger partial charge is 0.246 e. The number of aryl methyl sites for hydroxylation is 2. The summed E-state index contributed by atoms with van der Waals surface area (Å²) >= 11 is 1.75. The number of hydrogen-bond acceptors (Lipinski definition) is 6. The lowest BCUT2D eigenvalue weighted by molar-refractivity contribution is -0.118. The molecule has 1 unspecified atom stereocenters. The summed E-state index contributed by atoms with van der Waals surface area (Å²) < 4.78 is 0. The molecular weight excluding hydrogens is 410 g/mol. The third kappa shape index (κ3) is 3.54. The molecule has 0 spiro atoms. The quantitative estimate of drug-likeness (QED) is 0.678. The van der Waals surface area contributed by atoms with Gasteiger partial charge in [0.05, 0.1) is 23.3 Å². The molecule has 2 aliphatic rings. The molecule has 2 aromatic heterocycles. The van der Waals surface area contributed by atoms with Crippen LogP contribution in [0.2, 0.25) is 0 Å². The van der Waals surface area contributed by atoms with Gasteiger partial charge in [0.1, 0.15) is 17.0 Å². The number of nitrogens with zero attached hydrogens (tertiary/aromatic N) is 4. The standard InChI is InChI=1S/C23H25N5O2S/c1-14-11-19(29)26-16-8-4-5-9-17(16)28(14)20(30)12-27(2)22-21-15-7-3-6-10-18(15)31-23(21)25-13-24-22/h4-5,8-9,13-14H,3,6-7,10-12H2,1-2H3,(H,26,29). The lowest BCUT2D eigenvalue weighted by atomic mass is 9.97. The summed E-state index contributed by atoms with van der Waals surface area (Å²) in [4.78, 5) is 40.9. The largest absolute Gasteiger partial charge is 0.350 e. The van der Waals surface area contributed by atoms with E-state index in [9.17, 15) is 9.59 Å². The number of nitrogens with one attached hydrogen (secondary N) is 1. The Morgan fingerprint density at radius 3 is 2.94 bits per heavy atom. The second kappa shape index (κ2) is 7.92. The number of rotatable bonds is 3. The number of amides is 2. The lowest BCUT2D eigenvalue weighted by Gasteiger charge is -2.30. The lowest BCUT2D eigenvalue weighted by Crippen LogP contribution is -2.44. The first-order valence-corrected chi connectivity index (χ1v) is 11.5. The van der Waals surface area contributed by atoms with Crippen molar-refractivity contribution in [3.63, 3.8) is 0 Å². The molecule has 0 saturated heterocycles. The Hall–Kier alpha value is -3.00.